The van der Waals surface area contributed by atoms with E-state index in [1.807, 2.05) is 36.4 Å². The molecule has 0 spiro atoms. The lowest BCUT2D eigenvalue weighted by Gasteiger charge is -2.30. The molecule has 1 aliphatic rings. The van der Waals surface area contributed by atoms with E-state index in [1.165, 1.54) is 22.4 Å². The maximum atomic E-state index is 11.4. The number of nitrogens with one attached hydrogen (secondary N) is 1. The Morgan fingerprint density at radius 1 is 1.05 bits per heavy atom. The first-order chi connectivity index (χ1) is 18.7. The monoisotopic (exact) mass is 523 g/mol. The second-order valence-corrected chi connectivity index (χ2v) is 10.8. The lowest BCUT2D eigenvalue weighted by atomic mass is 9.99. The highest BCUT2D eigenvalue weighted by Crippen LogP contribution is 2.38. The molecule has 1 aromatic heterocycles. The molecule has 2 amide bonds. The summed E-state index contributed by atoms with van der Waals surface area (Å²) >= 11 is 0. The van der Waals surface area contributed by atoms with Crippen LogP contribution in [0, 0.1) is 26.7 Å². The Morgan fingerprint density at radius 3 is 2.51 bits per heavy atom. The zero-order valence-corrected chi connectivity index (χ0v) is 23.4. The number of benzene rings is 3. The Kier molecular flexibility index (Phi) is 7.33. The van der Waals surface area contributed by atoms with Crippen LogP contribution in [0.25, 0.3) is 16.9 Å². The molecule has 0 unspecified atom stereocenters. The summed E-state index contributed by atoms with van der Waals surface area (Å²) in [6.45, 7) is 13.0. The van der Waals surface area contributed by atoms with Crippen LogP contribution in [-0.2, 0) is 13.0 Å². The van der Waals surface area contributed by atoms with Crippen LogP contribution < -0.4 is 20.7 Å². The minimum atomic E-state index is -0.582. The highest BCUT2D eigenvalue weighted by Gasteiger charge is 2.28. The number of ether oxygens (including phenoxy) is 1. The summed E-state index contributed by atoms with van der Waals surface area (Å²) in [5, 5.41) is 7.86. The van der Waals surface area contributed by atoms with Gasteiger partial charge in [-0.25, -0.2) is 9.48 Å². The van der Waals surface area contributed by atoms with Crippen molar-refractivity contribution in [3.05, 3.63) is 88.6 Å². The number of hydrogen-bond donors (Lipinski definition) is 2. The van der Waals surface area contributed by atoms with Crippen LogP contribution in [0.3, 0.4) is 0 Å². The minimum absolute atomic E-state index is 0.403. The van der Waals surface area contributed by atoms with Crippen LogP contribution in [0.1, 0.15) is 41.8 Å². The summed E-state index contributed by atoms with van der Waals surface area (Å²) in [5.74, 6) is 1.23. The predicted octanol–water partition coefficient (Wildman–Crippen LogP) is 6.55. The van der Waals surface area contributed by atoms with Crippen molar-refractivity contribution in [3.63, 3.8) is 0 Å². The van der Waals surface area contributed by atoms with Crippen LogP contribution in [0.2, 0.25) is 0 Å². The molecule has 5 rings (SSSR count). The fraction of sp³-hybridized carbons (Fsp3) is 0.312. The third-order valence-electron chi connectivity index (χ3n) is 7.14. The Labute approximate surface area is 230 Å². The number of fused-ring (bicyclic) bond motifs is 1. The highest BCUT2D eigenvalue weighted by molar-refractivity contribution is 5.88. The van der Waals surface area contributed by atoms with Crippen LogP contribution in [0.15, 0.2) is 60.7 Å². The largest absolute Gasteiger partial charge is 0.491 e. The third kappa shape index (κ3) is 5.48. The maximum Gasteiger partial charge on any atom is 0.316 e. The second-order valence-electron chi connectivity index (χ2n) is 10.8. The highest BCUT2D eigenvalue weighted by atomic mass is 16.5. The number of aryl methyl sites for hydroxylation is 3. The zero-order valence-electron chi connectivity index (χ0n) is 23.4. The van der Waals surface area contributed by atoms with Gasteiger partial charge < -0.3 is 20.7 Å². The van der Waals surface area contributed by atoms with E-state index < -0.39 is 6.03 Å². The number of para-hydroxylation sites is 1. The van der Waals surface area contributed by atoms with Crippen molar-refractivity contribution in [2.75, 3.05) is 23.4 Å². The number of anilines is 2. The number of amides is 2. The van der Waals surface area contributed by atoms with Gasteiger partial charge in [0.1, 0.15) is 11.4 Å². The first kappa shape index (κ1) is 26.4. The first-order valence-electron chi connectivity index (χ1n) is 13.5. The number of nitrogens with zero attached hydrogens (tertiary/aromatic N) is 3. The van der Waals surface area contributed by atoms with E-state index in [0.29, 0.717) is 18.2 Å². The number of aromatic nitrogens is 2. The number of urea groups is 1. The molecule has 7 heteroatoms. The maximum absolute atomic E-state index is 11.4. The van der Waals surface area contributed by atoms with Crippen molar-refractivity contribution >= 4 is 17.4 Å². The van der Waals surface area contributed by atoms with Gasteiger partial charge in [-0.15, -0.1) is 0 Å². The smallest absolute Gasteiger partial charge is 0.316 e. The van der Waals surface area contributed by atoms with Gasteiger partial charge in [-0.3, -0.25) is 0 Å². The Morgan fingerprint density at radius 2 is 1.82 bits per heavy atom. The number of carbonyl (C=O) groups is 1. The molecule has 202 valence electrons. The quantitative estimate of drug-likeness (QED) is 0.288. The average molecular weight is 524 g/mol. The van der Waals surface area contributed by atoms with Gasteiger partial charge in [-0.1, -0.05) is 55.8 Å². The molecule has 0 atom stereocenters. The lowest BCUT2D eigenvalue weighted by molar-refractivity contribution is 0.259. The molecular formula is C32H37N5O2. The number of carbonyl (C=O) groups excluding carboxylic acids is 1. The van der Waals surface area contributed by atoms with Gasteiger partial charge >= 0.3 is 6.03 Å². The van der Waals surface area contributed by atoms with E-state index in [4.69, 9.17) is 15.6 Å². The molecule has 0 saturated heterocycles. The normalized spacial score (nSPS) is 12.9. The van der Waals surface area contributed by atoms with Crippen molar-refractivity contribution in [1.82, 2.24) is 9.78 Å². The van der Waals surface area contributed by atoms with Crippen molar-refractivity contribution in [2.24, 2.45) is 11.7 Å². The van der Waals surface area contributed by atoms with E-state index in [0.717, 1.165) is 53.5 Å². The molecule has 3 aromatic carbocycles. The zero-order chi connectivity index (χ0) is 27.7. The summed E-state index contributed by atoms with van der Waals surface area (Å²) in [6, 6.07) is 20.0. The summed E-state index contributed by atoms with van der Waals surface area (Å²) in [5.41, 5.74) is 16.2. The standard InChI is InChI=1S/C32H37N5O2/c1-20(2)19-39-29-8-6-7-22(4)30(29)37-31(24-10-12-25(13-11-24)34-32(33)38)26-18-36(16-15-27(26)35-37)28-14-9-21(3)17-23(28)5/h6-14,17,20H,15-16,18-19H2,1-5H3,(H3,33,34,38). The van der Waals surface area contributed by atoms with Gasteiger partial charge in [0, 0.05) is 42.0 Å². The van der Waals surface area contributed by atoms with Gasteiger partial charge in [-0.05, 0) is 62.1 Å². The number of rotatable bonds is 7. The summed E-state index contributed by atoms with van der Waals surface area (Å²) in [6.07, 6.45) is 0.845. The van der Waals surface area contributed by atoms with Gasteiger partial charge in [0.15, 0.2) is 0 Å². The van der Waals surface area contributed by atoms with E-state index in [1.54, 1.807) is 0 Å². The molecule has 39 heavy (non-hydrogen) atoms. The molecule has 3 N–H and O–H groups in total. The van der Waals surface area contributed by atoms with Crippen LogP contribution >= 0.6 is 0 Å². The van der Waals surface area contributed by atoms with Crippen molar-refractivity contribution in [1.29, 1.82) is 0 Å². The fourth-order valence-electron chi connectivity index (χ4n) is 5.33. The van der Waals surface area contributed by atoms with Gasteiger partial charge in [0.25, 0.3) is 0 Å². The SMILES string of the molecule is Cc1ccc(N2CCc3nn(-c4c(C)cccc4OCC(C)C)c(-c4ccc(NC(N)=O)cc4)c3C2)c(C)c1. The molecule has 0 aliphatic carbocycles. The Bertz CT molecular complexity index is 1500. The molecule has 0 radical (unpaired) electrons. The molecule has 0 fully saturated rings. The first-order valence-corrected chi connectivity index (χ1v) is 13.5. The number of hydrogen-bond acceptors (Lipinski definition) is 4. The molecule has 2 heterocycles. The molecule has 4 aromatic rings. The molecule has 0 saturated carbocycles. The topological polar surface area (TPSA) is 85.4 Å². The number of nitrogens with two attached hydrogens (primary N) is 1. The van der Waals surface area contributed by atoms with E-state index >= 15 is 0 Å². The van der Waals surface area contributed by atoms with Gasteiger partial charge in [-0.2, -0.15) is 5.10 Å². The summed E-state index contributed by atoms with van der Waals surface area (Å²) in [7, 11) is 0. The minimum Gasteiger partial charge on any atom is -0.491 e. The van der Waals surface area contributed by atoms with Gasteiger partial charge in [0.2, 0.25) is 0 Å². The fourth-order valence-corrected chi connectivity index (χ4v) is 5.33. The second kappa shape index (κ2) is 10.8. The van der Waals surface area contributed by atoms with Crippen LogP contribution in [0.4, 0.5) is 16.2 Å². The Hall–Kier alpha value is -4.26. The van der Waals surface area contributed by atoms with Crippen molar-refractivity contribution in [3.8, 4) is 22.7 Å². The molecule has 7 nitrogen and oxygen atoms in total. The predicted molar refractivity (Wildman–Crippen MR) is 158 cm³/mol. The lowest BCUT2D eigenvalue weighted by Crippen LogP contribution is -2.30. The summed E-state index contributed by atoms with van der Waals surface area (Å²) in [4.78, 5) is 13.8. The average Bonchev–Trinajstić information content (AvgIpc) is 3.25. The molecular weight excluding hydrogens is 486 g/mol. The van der Waals surface area contributed by atoms with Crippen molar-refractivity contribution in [2.45, 2.75) is 47.6 Å². The van der Waals surface area contributed by atoms with E-state index in [2.05, 4.69) is 73.8 Å². The molecule has 1 aliphatic heterocycles. The van der Waals surface area contributed by atoms with Crippen LogP contribution in [-0.4, -0.2) is 29.0 Å². The Balaban J connectivity index is 1.65. The third-order valence-corrected chi connectivity index (χ3v) is 7.14. The van der Waals surface area contributed by atoms with Crippen LogP contribution in [0.5, 0.6) is 5.75 Å². The number of primary amides is 1. The van der Waals surface area contributed by atoms with E-state index in [-0.39, 0.29) is 0 Å². The van der Waals surface area contributed by atoms with Gasteiger partial charge in [0.05, 0.1) is 18.0 Å². The van der Waals surface area contributed by atoms with Crippen molar-refractivity contribution < 1.29 is 9.53 Å². The van der Waals surface area contributed by atoms with E-state index in [9.17, 15) is 4.79 Å². The summed E-state index contributed by atoms with van der Waals surface area (Å²) < 4.78 is 8.37. The molecule has 0 bridgehead atoms.